The number of carbonyl (C=O) groups is 1. The van der Waals surface area contributed by atoms with Gasteiger partial charge in [-0.1, -0.05) is 0 Å². The fourth-order valence-corrected chi connectivity index (χ4v) is 1.43. The van der Waals surface area contributed by atoms with E-state index in [9.17, 15) is 9.90 Å². The van der Waals surface area contributed by atoms with E-state index in [1.807, 2.05) is 0 Å². The van der Waals surface area contributed by atoms with Crippen LogP contribution in [0.4, 0.5) is 0 Å². The summed E-state index contributed by atoms with van der Waals surface area (Å²) in [6, 6.07) is -0.471. The van der Waals surface area contributed by atoms with Gasteiger partial charge in [-0.2, -0.15) is 0 Å². The van der Waals surface area contributed by atoms with E-state index in [4.69, 9.17) is 0 Å². The molecule has 0 fully saturated rings. The molecule has 0 spiro atoms. The topological polar surface area (TPSA) is 85.4 Å². The largest absolute Gasteiger partial charge is 0.544 e. The third-order valence-electron chi connectivity index (χ3n) is 2.13. The van der Waals surface area contributed by atoms with Gasteiger partial charge in [-0.15, -0.1) is 0 Å². The number of aromatic nitrogens is 2. The average molecular weight is 167 g/mol. The molecule has 0 amide bonds. The van der Waals surface area contributed by atoms with Crippen molar-refractivity contribution >= 4 is 5.97 Å². The lowest BCUT2D eigenvalue weighted by atomic mass is 10.1. The number of fused-ring (bicyclic) bond motifs is 1. The molecule has 2 rings (SSSR count). The fourth-order valence-electron chi connectivity index (χ4n) is 1.43. The van der Waals surface area contributed by atoms with E-state index in [2.05, 4.69) is 9.97 Å². The number of carboxylic acids is 1. The molecule has 1 aliphatic heterocycles. The molecule has 0 bridgehead atoms. The molecule has 64 valence electrons. The second kappa shape index (κ2) is 2.60. The van der Waals surface area contributed by atoms with Gasteiger partial charge in [0.15, 0.2) is 0 Å². The zero-order valence-corrected chi connectivity index (χ0v) is 6.41. The van der Waals surface area contributed by atoms with Crippen molar-refractivity contribution in [2.45, 2.75) is 19.0 Å². The van der Waals surface area contributed by atoms with Crippen molar-refractivity contribution in [3.8, 4) is 0 Å². The Morgan fingerprint density at radius 3 is 3.42 bits per heavy atom. The fraction of sp³-hybridized carbons (Fsp3) is 0.429. The number of aliphatic carboxylic acids is 1. The van der Waals surface area contributed by atoms with Crippen molar-refractivity contribution in [2.75, 3.05) is 0 Å². The first-order valence-electron chi connectivity index (χ1n) is 3.82. The molecule has 0 unspecified atom stereocenters. The number of aromatic amines is 1. The Morgan fingerprint density at radius 2 is 2.67 bits per heavy atom. The summed E-state index contributed by atoms with van der Waals surface area (Å²) in [6.07, 6.45) is 2.05. The first-order chi connectivity index (χ1) is 5.77. The number of quaternary nitrogens is 1. The minimum Gasteiger partial charge on any atom is -0.544 e. The highest BCUT2D eigenvalue weighted by Crippen LogP contribution is 2.06. The van der Waals surface area contributed by atoms with Crippen LogP contribution in [0.2, 0.25) is 0 Å². The van der Waals surface area contributed by atoms with Crippen LogP contribution in [-0.4, -0.2) is 22.0 Å². The number of nitrogens with zero attached hydrogens (tertiary/aromatic N) is 1. The molecule has 0 aliphatic carbocycles. The van der Waals surface area contributed by atoms with E-state index in [0.717, 1.165) is 11.4 Å². The molecule has 2 heterocycles. The summed E-state index contributed by atoms with van der Waals surface area (Å²) < 4.78 is 0. The number of rotatable bonds is 1. The van der Waals surface area contributed by atoms with Crippen LogP contribution >= 0.6 is 0 Å². The summed E-state index contributed by atoms with van der Waals surface area (Å²) in [7, 11) is 0. The van der Waals surface area contributed by atoms with Gasteiger partial charge in [0, 0.05) is 6.42 Å². The maximum absolute atomic E-state index is 10.5. The van der Waals surface area contributed by atoms with Crippen LogP contribution in [0.5, 0.6) is 0 Å². The van der Waals surface area contributed by atoms with Crippen LogP contribution in [0, 0.1) is 0 Å². The summed E-state index contributed by atoms with van der Waals surface area (Å²) in [5.41, 5.74) is 1.87. The van der Waals surface area contributed by atoms with E-state index < -0.39 is 12.0 Å². The SMILES string of the molecule is O=C([O-])[C@@H]1Cc2nc[nH]c2C[NH2+]1. The summed E-state index contributed by atoms with van der Waals surface area (Å²) in [5, 5.41) is 12.3. The summed E-state index contributed by atoms with van der Waals surface area (Å²) >= 11 is 0. The molecule has 5 heteroatoms. The Labute approximate surface area is 68.8 Å². The molecule has 1 atom stereocenters. The second-order valence-corrected chi connectivity index (χ2v) is 2.90. The molecule has 0 aromatic carbocycles. The number of hydrogen-bond acceptors (Lipinski definition) is 3. The van der Waals surface area contributed by atoms with E-state index in [1.54, 1.807) is 11.6 Å². The predicted octanol–water partition coefficient (Wildman–Crippen LogP) is -2.85. The average Bonchev–Trinajstić information content (AvgIpc) is 2.49. The van der Waals surface area contributed by atoms with Crippen LogP contribution in [-0.2, 0) is 17.8 Å². The highest BCUT2D eigenvalue weighted by molar-refractivity contribution is 5.69. The standard InChI is InChI=1S/C7H9N3O2/c11-7(12)5-1-4-6(2-8-5)10-3-9-4/h3,5,8H,1-2H2,(H,9,10)(H,11,12)/t5-/m0/s1. The highest BCUT2D eigenvalue weighted by Gasteiger charge is 2.23. The zero-order valence-electron chi connectivity index (χ0n) is 6.41. The normalized spacial score (nSPS) is 21.8. The predicted molar refractivity (Wildman–Crippen MR) is 36.7 cm³/mol. The van der Waals surface area contributed by atoms with Gasteiger partial charge in [0.05, 0.1) is 23.7 Å². The minimum atomic E-state index is -1.01. The number of H-pyrrole nitrogens is 1. The number of carboxylic acid groups (broad SMARTS) is 1. The van der Waals surface area contributed by atoms with Gasteiger partial charge < -0.3 is 20.2 Å². The lowest BCUT2D eigenvalue weighted by molar-refractivity contribution is -0.702. The van der Waals surface area contributed by atoms with E-state index in [0.29, 0.717) is 13.0 Å². The van der Waals surface area contributed by atoms with Gasteiger partial charge in [0.25, 0.3) is 0 Å². The summed E-state index contributed by atoms with van der Waals surface area (Å²) in [5.74, 6) is -1.01. The Morgan fingerprint density at radius 1 is 1.83 bits per heavy atom. The van der Waals surface area contributed by atoms with Gasteiger partial charge in [-0.3, -0.25) is 0 Å². The van der Waals surface area contributed by atoms with Gasteiger partial charge >= 0.3 is 0 Å². The number of nitrogens with one attached hydrogen (secondary N) is 1. The smallest absolute Gasteiger partial charge is 0.132 e. The van der Waals surface area contributed by atoms with Crippen LogP contribution in [0.1, 0.15) is 11.4 Å². The molecule has 1 aliphatic rings. The van der Waals surface area contributed by atoms with Crippen molar-refractivity contribution < 1.29 is 15.2 Å². The van der Waals surface area contributed by atoms with Crippen LogP contribution in [0.15, 0.2) is 6.33 Å². The zero-order chi connectivity index (χ0) is 8.55. The number of imidazole rings is 1. The van der Waals surface area contributed by atoms with Crippen molar-refractivity contribution in [1.82, 2.24) is 9.97 Å². The molecular weight excluding hydrogens is 158 g/mol. The summed E-state index contributed by atoms with van der Waals surface area (Å²) in [6.45, 7) is 0.647. The molecule has 0 saturated heterocycles. The van der Waals surface area contributed by atoms with Crippen LogP contribution < -0.4 is 10.4 Å². The monoisotopic (exact) mass is 167 g/mol. The molecular formula is C7H9N3O2. The van der Waals surface area contributed by atoms with Gasteiger partial charge in [0.2, 0.25) is 0 Å². The molecule has 1 aromatic rings. The third-order valence-corrected chi connectivity index (χ3v) is 2.13. The molecule has 12 heavy (non-hydrogen) atoms. The van der Waals surface area contributed by atoms with Crippen molar-refractivity contribution in [3.63, 3.8) is 0 Å². The first kappa shape index (κ1) is 7.30. The van der Waals surface area contributed by atoms with Gasteiger partial charge in [-0.05, 0) is 0 Å². The number of nitrogens with two attached hydrogens (primary N) is 1. The third kappa shape index (κ3) is 1.08. The first-order valence-corrected chi connectivity index (χ1v) is 3.82. The van der Waals surface area contributed by atoms with Gasteiger partial charge in [0.1, 0.15) is 12.6 Å². The molecule has 0 radical (unpaired) electrons. The maximum Gasteiger partial charge on any atom is 0.132 e. The highest BCUT2D eigenvalue weighted by atomic mass is 16.4. The maximum atomic E-state index is 10.5. The Kier molecular flexibility index (Phi) is 1.58. The molecule has 3 N–H and O–H groups in total. The molecule has 5 nitrogen and oxygen atoms in total. The van der Waals surface area contributed by atoms with E-state index in [1.165, 1.54) is 0 Å². The van der Waals surface area contributed by atoms with Crippen LogP contribution in [0.3, 0.4) is 0 Å². The van der Waals surface area contributed by atoms with Crippen molar-refractivity contribution in [3.05, 3.63) is 17.7 Å². The second-order valence-electron chi connectivity index (χ2n) is 2.90. The lowest BCUT2D eigenvalue weighted by Gasteiger charge is -2.19. The van der Waals surface area contributed by atoms with Gasteiger partial charge in [-0.25, -0.2) is 4.98 Å². The number of hydrogen-bond donors (Lipinski definition) is 2. The Bertz CT molecular complexity index is 307. The quantitative estimate of drug-likeness (QED) is 0.472. The Balaban J connectivity index is 2.20. The summed E-state index contributed by atoms with van der Waals surface area (Å²) in [4.78, 5) is 17.5. The van der Waals surface area contributed by atoms with E-state index >= 15 is 0 Å². The Hall–Kier alpha value is -1.36. The lowest BCUT2D eigenvalue weighted by Crippen LogP contribution is -2.93. The number of carbonyl (C=O) groups excluding carboxylic acids is 1. The molecule has 1 aromatic heterocycles. The van der Waals surface area contributed by atoms with Crippen LogP contribution in [0.25, 0.3) is 0 Å². The molecule has 0 saturated carbocycles. The van der Waals surface area contributed by atoms with E-state index in [-0.39, 0.29) is 0 Å². The van der Waals surface area contributed by atoms with Crippen molar-refractivity contribution in [2.24, 2.45) is 0 Å². The van der Waals surface area contributed by atoms with Crippen molar-refractivity contribution in [1.29, 1.82) is 0 Å². The minimum absolute atomic E-state index is 0.459.